The maximum Gasteiger partial charge on any atom is 0.260 e. The predicted octanol–water partition coefficient (Wildman–Crippen LogP) is 2.36. The van der Waals surface area contributed by atoms with Gasteiger partial charge in [0.2, 0.25) is 0 Å². The third kappa shape index (κ3) is 4.14. The van der Waals surface area contributed by atoms with Crippen LogP contribution >= 0.6 is 0 Å². The fourth-order valence-corrected chi connectivity index (χ4v) is 3.37. The minimum Gasteiger partial charge on any atom is -0.484 e. The first-order valence-electron chi connectivity index (χ1n) is 9.39. The van der Waals surface area contributed by atoms with Crippen LogP contribution in [-0.2, 0) is 4.79 Å². The number of fused-ring (bicyclic) bond motifs is 1. The Balaban J connectivity index is 1.25. The van der Waals surface area contributed by atoms with Gasteiger partial charge in [-0.25, -0.2) is 4.98 Å². The molecule has 2 N–H and O–H groups in total. The average molecular weight is 378 g/mol. The lowest BCUT2D eigenvalue weighted by atomic mass is 10.0. The number of hydrogen-bond donors (Lipinski definition) is 2. The Kier molecular flexibility index (Phi) is 5.23. The Morgan fingerprint density at radius 2 is 1.93 bits per heavy atom. The summed E-state index contributed by atoms with van der Waals surface area (Å²) >= 11 is 0. The molecule has 0 aliphatic carbocycles. The Hall–Kier alpha value is -3.35. The molecule has 1 aliphatic rings. The Bertz CT molecular complexity index is 962. The van der Waals surface area contributed by atoms with Crippen molar-refractivity contribution in [1.82, 2.24) is 20.2 Å². The zero-order chi connectivity index (χ0) is 19.3. The summed E-state index contributed by atoms with van der Waals surface area (Å²) < 4.78 is 5.53. The van der Waals surface area contributed by atoms with Crippen molar-refractivity contribution in [2.45, 2.75) is 18.9 Å². The molecular weight excluding hydrogens is 356 g/mol. The van der Waals surface area contributed by atoms with E-state index in [2.05, 4.69) is 15.3 Å². The van der Waals surface area contributed by atoms with Crippen molar-refractivity contribution in [3.63, 3.8) is 0 Å². The predicted molar refractivity (Wildman–Crippen MR) is 105 cm³/mol. The van der Waals surface area contributed by atoms with E-state index in [1.54, 1.807) is 23.4 Å². The van der Waals surface area contributed by atoms with E-state index in [4.69, 9.17) is 4.74 Å². The van der Waals surface area contributed by atoms with E-state index in [-0.39, 0.29) is 24.5 Å². The molecule has 4 rings (SSSR count). The number of carbonyl (C=O) groups is 2. The van der Waals surface area contributed by atoms with Gasteiger partial charge in [-0.3, -0.25) is 9.59 Å². The second-order valence-electron chi connectivity index (χ2n) is 6.86. The van der Waals surface area contributed by atoms with Gasteiger partial charge in [-0.15, -0.1) is 0 Å². The second kappa shape index (κ2) is 8.12. The first-order chi connectivity index (χ1) is 13.7. The second-order valence-corrected chi connectivity index (χ2v) is 6.86. The molecule has 0 unspecified atom stereocenters. The number of aromatic amines is 1. The van der Waals surface area contributed by atoms with Gasteiger partial charge in [0, 0.05) is 24.7 Å². The van der Waals surface area contributed by atoms with Crippen LogP contribution in [0.25, 0.3) is 11.0 Å². The molecule has 0 bridgehead atoms. The number of aromatic nitrogens is 2. The maximum atomic E-state index is 12.5. The summed E-state index contributed by atoms with van der Waals surface area (Å²) in [5.41, 5.74) is 2.28. The maximum absolute atomic E-state index is 12.5. The number of nitrogens with zero attached hydrogens (tertiary/aromatic N) is 2. The zero-order valence-electron chi connectivity index (χ0n) is 15.4. The van der Waals surface area contributed by atoms with Crippen LogP contribution in [0.3, 0.4) is 0 Å². The largest absolute Gasteiger partial charge is 0.484 e. The molecule has 3 aromatic rings. The monoisotopic (exact) mass is 378 g/mol. The molecule has 0 radical (unpaired) electrons. The number of ether oxygens (including phenoxy) is 1. The fraction of sp³-hybridized carbons (Fsp3) is 0.286. The minimum absolute atomic E-state index is 0.0293. The van der Waals surface area contributed by atoms with Gasteiger partial charge in [-0.2, -0.15) is 0 Å². The highest BCUT2D eigenvalue weighted by atomic mass is 16.5. The van der Waals surface area contributed by atoms with Crippen molar-refractivity contribution >= 4 is 22.8 Å². The van der Waals surface area contributed by atoms with E-state index in [9.17, 15) is 9.59 Å². The molecule has 1 aliphatic heterocycles. The zero-order valence-corrected chi connectivity index (χ0v) is 15.4. The van der Waals surface area contributed by atoms with Gasteiger partial charge in [0.05, 0.1) is 17.4 Å². The van der Waals surface area contributed by atoms with Gasteiger partial charge in [0.1, 0.15) is 5.75 Å². The van der Waals surface area contributed by atoms with E-state index < -0.39 is 0 Å². The molecule has 7 nitrogen and oxygen atoms in total. The topological polar surface area (TPSA) is 87.3 Å². The summed E-state index contributed by atoms with van der Waals surface area (Å²) in [5, 5.41) is 3.07. The fourth-order valence-electron chi connectivity index (χ4n) is 3.37. The molecule has 0 atom stereocenters. The summed E-state index contributed by atoms with van der Waals surface area (Å²) in [7, 11) is 0. The lowest BCUT2D eigenvalue weighted by Crippen LogP contribution is -2.47. The molecule has 7 heteroatoms. The van der Waals surface area contributed by atoms with Gasteiger partial charge in [-0.1, -0.05) is 18.2 Å². The first-order valence-corrected chi connectivity index (χ1v) is 9.39. The van der Waals surface area contributed by atoms with Crippen LogP contribution in [0.2, 0.25) is 0 Å². The van der Waals surface area contributed by atoms with Crippen molar-refractivity contribution in [3.05, 3.63) is 60.4 Å². The highest BCUT2D eigenvalue weighted by Gasteiger charge is 2.24. The Labute approximate surface area is 162 Å². The Morgan fingerprint density at radius 1 is 1.14 bits per heavy atom. The number of H-pyrrole nitrogens is 1. The molecule has 1 fully saturated rings. The number of hydrogen-bond acceptors (Lipinski definition) is 4. The lowest BCUT2D eigenvalue weighted by molar-refractivity contribution is -0.134. The third-order valence-corrected chi connectivity index (χ3v) is 4.97. The number of carbonyl (C=O) groups excluding carboxylic acids is 2. The van der Waals surface area contributed by atoms with E-state index >= 15 is 0 Å². The van der Waals surface area contributed by atoms with Crippen LogP contribution in [0.1, 0.15) is 23.2 Å². The van der Waals surface area contributed by atoms with Crippen molar-refractivity contribution < 1.29 is 14.3 Å². The standard InChI is InChI=1S/C21H22N4O3/c26-20(13-28-17-4-2-1-3-5-17)25-10-8-16(9-11-25)24-21(27)15-6-7-18-19(12-15)23-14-22-18/h1-7,12,14,16H,8-11,13H2,(H,22,23)(H,24,27). The van der Waals surface area contributed by atoms with E-state index in [1.807, 2.05) is 36.4 Å². The SMILES string of the molecule is O=C(NC1CCN(C(=O)COc2ccccc2)CC1)c1ccc2nc[nH]c2c1. The quantitative estimate of drug-likeness (QED) is 0.714. The van der Waals surface area contributed by atoms with Gasteiger partial charge >= 0.3 is 0 Å². The number of amides is 2. The minimum atomic E-state index is -0.103. The number of nitrogens with one attached hydrogen (secondary N) is 2. The number of imidazole rings is 1. The summed E-state index contributed by atoms with van der Waals surface area (Å²) in [6.07, 6.45) is 3.07. The van der Waals surface area contributed by atoms with Crippen LogP contribution in [0.15, 0.2) is 54.9 Å². The van der Waals surface area contributed by atoms with Crippen molar-refractivity contribution in [2.24, 2.45) is 0 Å². The van der Waals surface area contributed by atoms with Gasteiger partial charge in [0.15, 0.2) is 6.61 Å². The van der Waals surface area contributed by atoms with Gasteiger partial charge in [0.25, 0.3) is 11.8 Å². The lowest BCUT2D eigenvalue weighted by Gasteiger charge is -2.32. The van der Waals surface area contributed by atoms with Crippen molar-refractivity contribution in [1.29, 1.82) is 0 Å². The first kappa shape index (κ1) is 18.0. The number of para-hydroxylation sites is 1. The molecule has 0 saturated carbocycles. The number of benzene rings is 2. The van der Waals surface area contributed by atoms with Crippen molar-refractivity contribution in [3.8, 4) is 5.75 Å². The Morgan fingerprint density at radius 3 is 2.71 bits per heavy atom. The number of likely N-dealkylation sites (tertiary alicyclic amines) is 1. The molecule has 2 aromatic carbocycles. The highest BCUT2D eigenvalue weighted by Crippen LogP contribution is 2.15. The van der Waals surface area contributed by atoms with Crippen LogP contribution in [-0.4, -0.2) is 52.4 Å². The normalized spacial score (nSPS) is 14.8. The third-order valence-electron chi connectivity index (χ3n) is 4.97. The summed E-state index contributed by atoms with van der Waals surface area (Å²) in [5.74, 6) is 0.555. The van der Waals surface area contributed by atoms with Crippen LogP contribution in [0, 0.1) is 0 Å². The van der Waals surface area contributed by atoms with Gasteiger partial charge in [-0.05, 0) is 43.2 Å². The number of piperidine rings is 1. The van der Waals surface area contributed by atoms with E-state index in [0.29, 0.717) is 24.4 Å². The van der Waals surface area contributed by atoms with E-state index in [0.717, 1.165) is 23.9 Å². The van der Waals surface area contributed by atoms with Gasteiger partial charge < -0.3 is 19.9 Å². The van der Waals surface area contributed by atoms with Crippen LogP contribution in [0.5, 0.6) is 5.75 Å². The smallest absolute Gasteiger partial charge is 0.260 e. The summed E-state index contributed by atoms with van der Waals surface area (Å²) in [4.78, 5) is 33.8. The molecule has 0 spiro atoms. The summed E-state index contributed by atoms with van der Waals surface area (Å²) in [6, 6.07) is 14.8. The highest BCUT2D eigenvalue weighted by molar-refractivity contribution is 5.97. The molecule has 1 saturated heterocycles. The molecular formula is C21H22N4O3. The number of rotatable bonds is 5. The average Bonchev–Trinajstić information content (AvgIpc) is 3.21. The van der Waals surface area contributed by atoms with Crippen LogP contribution in [0.4, 0.5) is 0 Å². The molecule has 2 amide bonds. The molecule has 28 heavy (non-hydrogen) atoms. The molecule has 144 valence electrons. The van der Waals surface area contributed by atoms with Crippen LogP contribution < -0.4 is 10.1 Å². The summed E-state index contributed by atoms with van der Waals surface area (Å²) in [6.45, 7) is 1.26. The van der Waals surface area contributed by atoms with E-state index in [1.165, 1.54) is 0 Å². The van der Waals surface area contributed by atoms with Crippen molar-refractivity contribution in [2.75, 3.05) is 19.7 Å². The molecule has 2 heterocycles. The molecule has 1 aromatic heterocycles.